The molecule has 2 rings (SSSR count). The Morgan fingerprint density at radius 2 is 2.15 bits per heavy atom. The van der Waals surface area contributed by atoms with Crippen molar-refractivity contribution in [3.8, 4) is 5.75 Å². The first-order valence-electron chi connectivity index (χ1n) is 6.61. The van der Waals surface area contributed by atoms with Crippen molar-refractivity contribution in [3.05, 3.63) is 24.3 Å². The van der Waals surface area contributed by atoms with Gasteiger partial charge in [0.05, 0.1) is 12.8 Å². The summed E-state index contributed by atoms with van der Waals surface area (Å²) in [7, 11) is 3.54. The van der Waals surface area contributed by atoms with Gasteiger partial charge in [-0.3, -0.25) is 0 Å². The molecule has 0 saturated carbocycles. The molecule has 0 radical (unpaired) electrons. The maximum Gasteiger partial charge on any atom is 0.322 e. The van der Waals surface area contributed by atoms with Gasteiger partial charge in [0, 0.05) is 19.1 Å². The van der Waals surface area contributed by atoms with Gasteiger partial charge in [0.2, 0.25) is 0 Å². The Hall–Kier alpha value is -1.46. The number of urea groups is 1. The van der Waals surface area contributed by atoms with E-state index in [1.165, 1.54) is 0 Å². The van der Waals surface area contributed by atoms with Crippen LogP contribution in [-0.4, -0.2) is 44.2 Å². The van der Waals surface area contributed by atoms with Gasteiger partial charge >= 0.3 is 6.03 Å². The number of nitrogens with one attached hydrogen (secondary N) is 2. The van der Waals surface area contributed by atoms with Crippen LogP contribution in [-0.2, 0) is 0 Å². The van der Waals surface area contributed by atoms with E-state index in [1.807, 2.05) is 36.2 Å². The van der Waals surface area contributed by atoms with E-state index < -0.39 is 0 Å². The minimum atomic E-state index is -0.0653. The summed E-state index contributed by atoms with van der Waals surface area (Å²) in [5.74, 6) is 0.679. The van der Waals surface area contributed by atoms with Crippen molar-refractivity contribution < 1.29 is 9.53 Å². The molecule has 1 aromatic rings. The van der Waals surface area contributed by atoms with Gasteiger partial charge in [0.25, 0.3) is 0 Å². The van der Waals surface area contributed by atoms with Crippen molar-refractivity contribution >= 4 is 24.1 Å². The predicted octanol–water partition coefficient (Wildman–Crippen LogP) is 2.33. The SMILES string of the molecule is CNC1CCCN(C(=O)Nc2ccccc2OC)C1.Cl. The Kier molecular flexibility index (Phi) is 6.61. The first-order chi connectivity index (χ1) is 9.24. The molecule has 1 atom stereocenters. The summed E-state index contributed by atoms with van der Waals surface area (Å²) >= 11 is 0. The molecule has 20 heavy (non-hydrogen) atoms. The normalized spacial score (nSPS) is 18.1. The van der Waals surface area contributed by atoms with E-state index in [2.05, 4.69) is 10.6 Å². The molecule has 1 aliphatic rings. The molecule has 112 valence electrons. The molecular weight excluding hydrogens is 278 g/mol. The van der Waals surface area contributed by atoms with Crippen molar-refractivity contribution in [1.29, 1.82) is 0 Å². The predicted molar refractivity (Wildman–Crippen MR) is 82.9 cm³/mol. The van der Waals surface area contributed by atoms with Crippen LogP contribution in [0.2, 0.25) is 0 Å². The van der Waals surface area contributed by atoms with E-state index in [9.17, 15) is 4.79 Å². The van der Waals surface area contributed by atoms with Gasteiger partial charge in [0.15, 0.2) is 0 Å². The van der Waals surface area contributed by atoms with Crippen LogP contribution >= 0.6 is 12.4 Å². The fraction of sp³-hybridized carbons (Fsp3) is 0.500. The van der Waals surface area contributed by atoms with Gasteiger partial charge in [-0.1, -0.05) is 12.1 Å². The molecule has 0 spiro atoms. The summed E-state index contributed by atoms with van der Waals surface area (Å²) in [6.07, 6.45) is 2.15. The Bertz CT molecular complexity index is 442. The Balaban J connectivity index is 0.00000200. The third kappa shape index (κ3) is 4.02. The summed E-state index contributed by atoms with van der Waals surface area (Å²) in [5, 5.41) is 6.14. The molecule has 0 aliphatic carbocycles. The average Bonchev–Trinajstić information content (AvgIpc) is 2.47. The van der Waals surface area contributed by atoms with Gasteiger partial charge in [-0.15, -0.1) is 12.4 Å². The summed E-state index contributed by atoms with van der Waals surface area (Å²) in [4.78, 5) is 14.1. The fourth-order valence-corrected chi connectivity index (χ4v) is 2.34. The number of anilines is 1. The molecule has 2 N–H and O–H groups in total. The van der Waals surface area contributed by atoms with Gasteiger partial charge in [-0.05, 0) is 32.0 Å². The maximum atomic E-state index is 12.2. The number of halogens is 1. The van der Waals surface area contributed by atoms with Crippen molar-refractivity contribution in [1.82, 2.24) is 10.2 Å². The number of carbonyl (C=O) groups excluding carboxylic acids is 1. The van der Waals surface area contributed by atoms with Crippen LogP contribution in [0.1, 0.15) is 12.8 Å². The van der Waals surface area contributed by atoms with E-state index >= 15 is 0 Å². The van der Waals surface area contributed by atoms with Crippen LogP contribution in [0.4, 0.5) is 10.5 Å². The first kappa shape index (κ1) is 16.6. The van der Waals surface area contributed by atoms with Crippen LogP contribution in [0.15, 0.2) is 24.3 Å². The Morgan fingerprint density at radius 3 is 2.85 bits per heavy atom. The van der Waals surface area contributed by atoms with E-state index in [0.717, 1.165) is 25.9 Å². The van der Waals surface area contributed by atoms with Crippen molar-refractivity contribution in [2.75, 3.05) is 32.6 Å². The summed E-state index contributed by atoms with van der Waals surface area (Å²) < 4.78 is 5.23. The molecule has 1 heterocycles. The lowest BCUT2D eigenvalue weighted by Crippen LogP contribution is -2.48. The van der Waals surface area contributed by atoms with Gasteiger partial charge in [-0.25, -0.2) is 4.79 Å². The van der Waals surface area contributed by atoms with Gasteiger partial charge < -0.3 is 20.3 Å². The summed E-state index contributed by atoms with van der Waals surface area (Å²) in [6.45, 7) is 1.55. The van der Waals surface area contributed by atoms with E-state index in [-0.39, 0.29) is 18.4 Å². The van der Waals surface area contributed by atoms with Crippen LogP contribution in [0, 0.1) is 0 Å². The lowest BCUT2D eigenvalue weighted by Gasteiger charge is -2.32. The molecule has 2 amide bonds. The third-order valence-electron chi connectivity index (χ3n) is 3.47. The molecule has 0 aromatic heterocycles. The molecule has 1 fully saturated rings. The number of benzene rings is 1. The van der Waals surface area contributed by atoms with E-state index in [4.69, 9.17) is 4.74 Å². The number of methoxy groups -OCH3 is 1. The van der Waals surface area contributed by atoms with Crippen LogP contribution in [0.25, 0.3) is 0 Å². The average molecular weight is 300 g/mol. The van der Waals surface area contributed by atoms with Gasteiger partial charge in [0.1, 0.15) is 5.75 Å². The molecule has 1 saturated heterocycles. The number of para-hydroxylation sites is 2. The number of piperidine rings is 1. The highest BCUT2D eigenvalue weighted by Crippen LogP contribution is 2.23. The number of ether oxygens (including phenoxy) is 1. The molecule has 1 aliphatic heterocycles. The minimum Gasteiger partial charge on any atom is -0.495 e. The van der Waals surface area contributed by atoms with Gasteiger partial charge in [-0.2, -0.15) is 0 Å². The van der Waals surface area contributed by atoms with Crippen LogP contribution in [0.5, 0.6) is 5.75 Å². The Labute approximate surface area is 126 Å². The lowest BCUT2D eigenvalue weighted by molar-refractivity contribution is 0.187. The quantitative estimate of drug-likeness (QED) is 0.901. The number of likely N-dealkylation sites (N-methyl/N-ethyl adjacent to an activating group) is 1. The van der Waals surface area contributed by atoms with Crippen molar-refractivity contribution in [2.45, 2.75) is 18.9 Å². The maximum absolute atomic E-state index is 12.2. The lowest BCUT2D eigenvalue weighted by atomic mass is 10.1. The number of hydrogen-bond acceptors (Lipinski definition) is 3. The molecule has 5 nitrogen and oxygen atoms in total. The molecule has 6 heteroatoms. The number of nitrogens with zero attached hydrogens (tertiary/aromatic N) is 1. The largest absolute Gasteiger partial charge is 0.495 e. The van der Waals surface area contributed by atoms with Crippen molar-refractivity contribution in [3.63, 3.8) is 0 Å². The standard InChI is InChI=1S/C14H21N3O2.ClH/c1-15-11-6-5-9-17(10-11)14(18)16-12-7-3-4-8-13(12)19-2;/h3-4,7-8,11,15H,5-6,9-10H2,1-2H3,(H,16,18);1H. The number of likely N-dealkylation sites (tertiary alicyclic amines) is 1. The van der Waals surface area contributed by atoms with E-state index in [1.54, 1.807) is 7.11 Å². The molecule has 0 bridgehead atoms. The van der Waals surface area contributed by atoms with E-state index in [0.29, 0.717) is 17.5 Å². The minimum absolute atomic E-state index is 0. The number of hydrogen-bond donors (Lipinski definition) is 2. The van der Waals surface area contributed by atoms with Crippen LogP contribution < -0.4 is 15.4 Å². The molecule has 1 aromatic carbocycles. The first-order valence-corrected chi connectivity index (χ1v) is 6.61. The zero-order chi connectivity index (χ0) is 13.7. The monoisotopic (exact) mass is 299 g/mol. The van der Waals surface area contributed by atoms with Crippen LogP contribution in [0.3, 0.4) is 0 Å². The zero-order valence-corrected chi connectivity index (χ0v) is 12.7. The summed E-state index contributed by atoms with van der Waals surface area (Å²) in [5.41, 5.74) is 0.710. The zero-order valence-electron chi connectivity index (χ0n) is 11.9. The number of rotatable bonds is 3. The highest BCUT2D eigenvalue weighted by atomic mass is 35.5. The smallest absolute Gasteiger partial charge is 0.322 e. The Morgan fingerprint density at radius 1 is 1.40 bits per heavy atom. The van der Waals surface area contributed by atoms with Crippen molar-refractivity contribution in [2.24, 2.45) is 0 Å². The number of carbonyl (C=O) groups is 1. The fourth-order valence-electron chi connectivity index (χ4n) is 2.34. The second-order valence-electron chi connectivity index (χ2n) is 4.70. The molecular formula is C14H22ClN3O2. The second-order valence-corrected chi connectivity index (χ2v) is 4.70. The summed E-state index contributed by atoms with van der Waals surface area (Å²) in [6, 6.07) is 7.76. The second kappa shape index (κ2) is 7.97. The molecule has 1 unspecified atom stereocenters. The topological polar surface area (TPSA) is 53.6 Å². The highest BCUT2D eigenvalue weighted by Gasteiger charge is 2.22. The highest BCUT2D eigenvalue weighted by molar-refractivity contribution is 5.91. The third-order valence-corrected chi connectivity index (χ3v) is 3.47. The number of amides is 2.